The van der Waals surface area contributed by atoms with Crippen molar-refractivity contribution < 1.29 is 13.9 Å². The van der Waals surface area contributed by atoms with E-state index in [0.717, 1.165) is 11.1 Å². The molecule has 2 atom stereocenters. The Morgan fingerprint density at radius 3 is 2.22 bits per heavy atom. The monoisotopic (exact) mass is 330 g/mol. The van der Waals surface area contributed by atoms with Gasteiger partial charge in [0.15, 0.2) is 5.78 Å². The second kappa shape index (κ2) is 5.74. The Morgan fingerprint density at radius 1 is 1.00 bits per heavy atom. The zero-order valence-electron chi connectivity index (χ0n) is 13.3. The van der Waals surface area contributed by atoms with Gasteiger partial charge in [-0.25, -0.2) is 9.46 Å². The van der Waals surface area contributed by atoms with Crippen LogP contribution in [0.2, 0.25) is 0 Å². The molecule has 1 aliphatic rings. The second-order valence-electron chi connectivity index (χ2n) is 5.67. The summed E-state index contributed by atoms with van der Waals surface area (Å²) in [6, 6.07) is 16.3. The van der Waals surface area contributed by atoms with Gasteiger partial charge in [-0.2, -0.15) is 0 Å². The second-order valence-corrected chi connectivity index (χ2v) is 8.07. The molecule has 5 nitrogen and oxygen atoms in total. The third kappa shape index (κ3) is 2.62. The van der Waals surface area contributed by atoms with E-state index in [9.17, 15) is 9.36 Å². The number of aryl methyl sites for hydroxylation is 1. The van der Waals surface area contributed by atoms with Crippen molar-refractivity contribution >= 4 is 13.6 Å². The van der Waals surface area contributed by atoms with Crippen LogP contribution < -0.4 is 4.52 Å². The minimum Gasteiger partial charge on any atom is -0.427 e. The third-order valence-electron chi connectivity index (χ3n) is 4.03. The Labute approximate surface area is 136 Å². The van der Waals surface area contributed by atoms with Crippen molar-refractivity contribution in [1.82, 2.24) is 9.57 Å². The molecule has 1 aliphatic heterocycles. The average molecular weight is 330 g/mol. The van der Waals surface area contributed by atoms with Gasteiger partial charge in [0.25, 0.3) is 0 Å². The quantitative estimate of drug-likeness (QED) is 0.790. The van der Waals surface area contributed by atoms with Crippen molar-refractivity contribution in [3.05, 3.63) is 65.7 Å². The minimum absolute atomic E-state index is 0.311. The number of urea groups is 1. The predicted molar refractivity (Wildman–Crippen MR) is 89.5 cm³/mol. The molecule has 0 spiro atoms. The van der Waals surface area contributed by atoms with Crippen LogP contribution in [0.15, 0.2) is 54.6 Å². The highest BCUT2D eigenvalue weighted by molar-refractivity contribution is 7.58. The number of rotatable bonds is 3. The summed E-state index contributed by atoms with van der Waals surface area (Å²) in [5, 5.41) is 0. The predicted octanol–water partition coefficient (Wildman–Crippen LogP) is 4.26. The van der Waals surface area contributed by atoms with Gasteiger partial charge < -0.3 is 9.42 Å². The highest BCUT2D eigenvalue weighted by atomic mass is 31.2. The van der Waals surface area contributed by atoms with Crippen molar-refractivity contribution in [3.8, 4) is 5.75 Å². The van der Waals surface area contributed by atoms with Crippen molar-refractivity contribution in [3.63, 3.8) is 0 Å². The molecule has 2 unspecified atom stereocenters. The van der Waals surface area contributed by atoms with Crippen LogP contribution in [-0.4, -0.2) is 29.7 Å². The molecule has 2 aromatic rings. The van der Waals surface area contributed by atoms with E-state index < -0.39 is 13.3 Å². The van der Waals surface area contributed by atoms with Crippen LogP contribution in [0, 0.1) is 6.92 Å². The fourth-order valence-electron chi connectivity index (χ4n) is 2.73. The summed E-state index contributed by atoms with van der Waals surface area (Å²) in [6.45, 7) is 1.97. The van der Waals surface area contributed by atoms with Crippen LogP contribution in [0.3, 0.4) is 0 Å². The van der Waals surface area contributed by atoms with Gasteiger partial charge in [-0.3, -0.25) is 4.57 Å². The van der Waals surface area contributed by atoms with Crippen LogP contribution >= 0.6 is 7.52 Å². The maximum Gasteiger partial charge on any atom is 0.373 e. The summed E-state index contributed by atoms with van der Waals surface area (Å²) < 4.78 is 20.7. The highest BCUT2D eigenvalue weighted by Crippen LogP contribution is 2.66. The first-order valence-electron chi connectivity index (χ1n) is 7.35. The maximum absolute atomic E-state index is 13.6. The molecule has 1 saturated heterocycles. The fraction of sp³-hybridized carbons (Fsp3) is 0.235. The van der Waals surface area contributed by atoms with Crippen LogP contribution in [0.4, 0.5) is 4.79 Å². The van der Waals surface area contributed by atoms with Crippen molar-refractivity contribution in [2.75, 3.05) is 14.1 Å². The van der Waals surface area contributed by atoms with Crippen LogP contribution in [0.25, 0.3) is 0 Å². The molecular weight excluding hydrogens is 311 g/mol. The topological polar surface area (TPSA) is 49.9 Å². The summed E-state index contributed by atoms with van der Waals surface area (Å²) in [5.74, 6) is -0.127. The average Bonchev–Trinajstić information content (AvgIpc) is 2.71. The largest absolute Gasteiger partial charge is 0.427 e. The first-order chi connectivity index (χ1) is 10.9. The van der Waals surface area contributed by atoms with Crippen LogP contribution in [0.1, 0.15) is 16.9 Å². The molecule has 0 saturated carbocycles. The van der Waals surface area contributed by atoms with Gasteiger partial charge in [-0.15, -0.1) is 0 Å². The van der Waals surface area contributed by atoms with E-state index in [2.05, 4.69) is 0 Å². The van der Waals surface area contributed by atoms with Crippen LogP contribution in [0.5, 0.6) is 5.75 Å². The summed E-state index contributed by atoms with van der Waals surface area (Å²) in [6.07, 6.45) is 0. The van der Waals surface area contributed by atoms with Gasteiger partial charge in [0.1, 0.15) is 5.75 Å². The van der Waals surface area contributed by atoms with Gasteiger partial charge in [-0.1, -0.05) is 48.0 Å². The number of carbonyl (C=O) groups excluding carboxylic acids is 1. The zero-order valence-corrected chi connectivity index (χ0v) is 14.2. The number of hydrogen-bond donors (Lipinski definition) is 0. The molecule has 3 rings (SSSR count). The molecule has 0 radical (unpaired) electrons. The lowest BCUT2D eigenvalue weighted by molar-refractivity contribution is 0.202. The van der Waals surface area contributed by atoms with Gasteiger partial charge in [-0.05, 0) is 24.6 Å². The van der Waals surface area contributed by atoms with Crippen molar-refractivity contribution in [2.45, 2.75) is 12.7 Å². The van der Waals surface area contributed by atoms with E-state index in [1.54, 1.807) is 19.2 Å². The zero-order chi connectivity index (χ0) is 16.6. The maximum atomic E-state index is 13.6. The molecule has 23 heavy (non-hydrogen) atoms. The highest BCUT2D eigenvalue weighted by Gasteiger charge is 2.54. The number of benzene rings is 2. The fourth-order valence-corrected chi connectivity index (χ4v) is 5.17. The molecule has 0 aromatic heterocycles. The van der Waals surface area contributed by atoms with E-state index in [1.165, 1.54) is 16.6 Å². The Hall–Kier alpha value is -2.26. The number of nitrogens with zero attached hydrogens (tertiary/aromatic N) is 2. The lowest BCUT2D eigenvalue weighted by Crippen LogP contribution is -2.26. The summed E-state index contributed by atoms with van der Waals surface area (Å²) >= 11 is 0. The Kier molecular flexibility index (Phi) is 3.90. The van der Waals surface area contributed by atoms with Gasteiger partial charge in [0, 0.05) is 14.1 Å². The summed E-state index contributed by atoms with van der Waals surface area (Å²) in [5.41, 5.74) is 1.88. The first kappa shape index (κ1) is 15.6. The molecule has 0 aliphatic carbocycles. The molecule has 2 amide bonds. The molecule has 6 heteroatoms. The number of amides is 2. The van der Waals surface area contributed by atoms with E-state index in [-0.39, 0.29) is 6.03 Å². The molecule has 2 aromatic carbocycles. The minimum atomic E-state index is -3.43. The van der Waals surface area contributed by atoms with Gasteiger partial charge in [0.05, 0.1) is 0 Å². The van der Waals surface area contributed by atoms with Gasteiger partial charge >= 0.3 is 13.6 Å². The van der Waals surface area contributed by atoms with E-state index in [4.69, 9.17) is 4.52 Å². The lowest BCUT2D eigenvalue weighted by atomic mass is 10.2. The smallest absolute Gasteiger partial charge is 0.373 e. The number of carbonyl (C=O) groups is 1. The Morgan fingerprint density at radius 2 is 1.61 bits per heavy atom. The third-order valence-corrected chi connectivity index (χ3v) is 6.77. The molecule has 1 fully saturated rings. The number of hydrogen-bond acceptors (Lipinski definition) is 3. The Balaban J connectivity index is 2.03. The Bertz CT molecular complexity index is 761. The van der Waals surface area contributed by atoms with E-state index >= 15 is 0 Å². The SMILES string of the molecule is Cc1ccc(OP2(=O)C(c3ccccc3)N(C)C(=O)N2C)cc1. The first-order valence-corrected chi connectivity index (χ1v) is 9.00. The molecule has 0 N–H and O–H groups in total. The standard InChI is InChI=1S/C17H19N2O3P/c1-13-9-11-15(12-10-13)22-23(21)16(14-7-5-4-6-8-14)18(2)17(20)19(23)3/h4-12,16H,1-3H3. The van der Waals surface area contributed by atoms with Crippen LogP contribution in [-0.2, 0) is 4.57 Å². The van der Waals surface area contributed by atoms with E-state index in [1.807, 2.05) is 49.4 Å². The summed E-state index contributed by atoms with van der Waals surface area (Å²) in [4.78, 5) is 13.8. The van der Waals surface area contributed by atoms with E-state index in [0.29, 0.717) is 5.75 Å². The molecule has 120 valence electrons. The van der Waals surface area contributed by atoms with Crippen molar-refractivity contribution in [1.29, 1.82) is 0 Å². The lowest BCUT2D eigenvalue weighted by Gasteiger charge is -2.25. The molecule has 0 bridgehead atoms. The molecule has 1 heterocycles. The van der Waals surface area contributed by atoms with Crippen molar-refractivity contribution in [2.24, 2.45) is 0 Å². The van der Waals surface area contributed by atoms with Gasteiger partial charge in [0.2, 0.25) is 0 Å². The summed E-state index contributed by atoms with van der Waals surface area (Å²) in [7, 11) is -0.261. The molecular formula is C17H19N2O3P. The normalized spacial score (nSPS) is 24.1.